The summed E-state index contributed by atoms with van der Waals surface area (Å²) in [5.74, 6) is 0. The van der Waals surface area contributed by atoms with Crippen LogP contribution in [-0.2, 0) is 9.47 Å². The quantitative estimate of drug-likeness (QED) is 0.315. The number of rotatable bonds is 4. The molecule has 4 heteroatoms. The second kappa shape index (κ2) is 8.52. The Morgan fingerprint density at radius 2 is 1.37 bits per heavy atom. The summed E-state index contributed by atoms with van der Waals surface area (Å²) in [5.41, 5.74) is 4.86. The van der Waals surface area contributed by atoms with Crippen molar-refractivity contribution < 1.29 is 9.47 Å². The molecule has 30 heavy (non-hydrogen) atoms. The van der Waals surface area contributed by atoms with Crippen LogP contribution in [0.1, 0.15) is 23.0 Å². The highest BCUT2D eigenvalue weighted by Crippen LogP contribution is 2.41. The molecule has 0 aliphatic carbocycles. The molecule has 4 aromatic carbocycles. The second-order valence-electron chi connectivity index (χ2n) is 7.10. The molecule has 1 heterocycles. The molecule has 0 amide bonds. The molecular weight excluding hydrogens is 438 g/mol. The minimum Gasteiger partial charge on any atom is -0.346 e. The largest absolute Gasteiger partial charge is 0.346 e. The summed E-state index contributed by atoms with van der Waals surface area (Å²) in [6.07, 6.45) is -0.432. The van der Waals surface area contributed by atoms with Gasteiger partial charge in [-0.2, -0.15) is 0 Å². The van der Waals surface area contributed by atoms with Crippen LogP contribution in [0, 0.1) is 0 Å². The van der Waals surface area contributed by atoms with E-state index in [9.17, 15) is 0 Å². The SMILES string of the molecule is Brc1cccc2ccc(N=C(c3ccccc3)c3ccccc3)c(C3OCCO3)c12. The van der Waals surface area contributed by atoms with Crippen molar-refractivity contribution in [3.8, 4) is 0 Å². The topological polar surface area (TPSA) is 30.8 Å². The molecule has 0 bridgehead atoms. The number of benzene rings is 4. The highest BCUT2D eigenvalue weighted by molar-refractivity contribution is 9.10. The Balaban J connectivity index is 1.77. The third kappa shape index (κ3) is 3.70. The highest BCUT2D eigenvalue weighted by atomic mass is 79.9. The molecule has 0 aromatic heterocycles. The van der Waals surface area contributed by atoms with Crippen molar-refractivity contribution in [2.24, 2.45) is 4.99 Å². The van der Waals surface area contributed by atoms with Crippen LogP contribution in [0.2, 0.25) is 0 Å². The van der Waals surface area contributed by atoms with E-state index in [0.29, 0.717) is 13.2 Å². The number of ether oxygens (including phenoxy) is 2. The van der Waals surface area contributed by atoms with E-state index >= 15 is 0 Å². The van der Waals surface area contributed by atoms with Crippen LogP contribution in [0.4, 0.5) is 5.69 Å². The van der Waals surface area contributed by atoms with E-state index < -0.39 is 6.29 Å². The van der Waals surface area contributed by atoms with Crippen molar-refractivity contribution in [2.45, 2.75) is 6.29 Å². The number of nitrogens with zero attached hydrogens (tertiary/aromatic N) is 1. The first-order valence-electron chi connectivity index (χ1n) is 9.95. The minimum absolute atomic E-state index is 0.432. The smallest absolute Gasteiger partial charge is 0.186 e. The Morgan fingerprint density at radius 3 is 2.00 bits per heavy atom. The average molecular weight is 458 g/mol. The average Bonchev–Trinajstić information content (AvgIpc) is 3.33. The molecule has 0 unspecified atom stereocenters. The van der Waals surface area contributed by atoms with E-state index in [0.717, 1.165) is 43.3 Å². The van der Waals surface area contributed by atoms with Crippen molar-refractivity contribution in [1.29, 1.82) is 0 Å². The van der Waals surface area contributed by atoms with Crippen LogP contribution < -0.4 is 0 Å². The number of aliphatic imine (C=N–C) groups is 1. The van der Waals surface area contributed by atoms with Gasteiger partial charge >= 0.3 is 0 Å². The zero-order valence-corrected chi connectivity index (χ0v) is 17.9. The molecule has 0 saturated carbocycles. The third-order valence-corrected chi connectivity index (χ3v) is 5.86. The first-order chi connectivity index (χ1) is 14.8. The maximum absolute atomic E-state index is 5.92. The predicted octanol–water partition coefficient (Wildman–Crippen LogP) is 6.82. The van der Waals surface area contributed by atoms with E-state index in [1.807, 2.05) is 48.5 Å². The van der Waals surface area contributed by atoms with Gasteiger partial charge in [0.05, 0.1) is 24.6 Å². The predicted molar refractivity (Wildman–Crippen MR) is 124 cm³/mol. The maximum Gasteiger partial charge on any atom is 0.186 e. The van der Waals surface area contributed by atoms with Gasteiger partial charge in [-0.05, 0) is 17.5 Å². The fraction of sp³-hybridized carbons (Fsp3) is 0.115. The summed E-state index contributed by atoms with van der Waals surface area (Å²) in [6.45, 7) is 1.16. The van der Waals surface area contributed by atoms with Crippen LogP contribution in [0.5, 0.6) is 0 Å². The van der Waals surface area contributed by atoms with E-state index in [-0.39, 0.29) is 0 Å². The van der Waals surface area contributed by atoms with Gasteiger partial charge in [0.2, 0.25) is 0 Å². The number of hydrogen-bond donors (Lipinski definition) is 0. The zero-order valence-electron chi connectivity index (χ0n) is 16.3. The first-order valence-corrected chi connectivity index (χ1v) is 10.7. The molecule has 4 aromatic rings. The van der Waals surface area contributed by atoms with E-state index in [2.05, 4.69) is 58.4 Å². The van der Waals surface area contributed by atoms with Crippen molar-refractivity contribution >= 4 is 38.1 Å². The number of fused-ring (bicyclic) bond motifs is 1. The van der Waals surface area contributed by atoms with Gasteiger partial charge in [-0.1, -0.05) is 94.8 Å². The lowest BCUT2D eigenvalue weighted by Crippen LogP contribution is -2.05. The fourth-order valence-corrected chi connectivity index (χ4v) is 4.41. The Kier molecular flexibility index (Phi) is 5.45. The molecule has 5 rings (SSSR count). The third-order valence-electron chi connectivity index (χ3n) is 5.20. The molecule has 1 aliphatic heterocycles. The molecule has 3 nitrogen and oxygen atoms in total. The summed E-state index contributed by atoms with van der Waals surface area (Å²) in [4.78, 5) is 5.17. The fourth-order valence-electron chi connectivity index (χ4n) is 3.82. The number of halogens is 1. The molecular formula is C26H20BrNO2. The molecule has 1 fully saturated rings. The minimum atomic E-state index is -0.432. The Labute approximate surface area is 184 Å². The standard InChI is InChI=1S/C26H20BrNO2/c27-21-13-7-12-18-14-15-22(24(23(18)21)26-29-16-17-30-26)28-25(19-8-3-1-4-9-19)20-10-5-2-6-11-20/h1-15,26H,16-17H2. The van der Waals surface area contributed by atoms with Gasteiger partial charge in [0.25, 0.3) is 0 Å². The van der Waals surface area contributed by atoms with Gasteiger partial charge < -0.3 is 9.47 Å². The highest BCUT2D eigenvalue weighted by Gasteiger charge is 2.25. The maximum atomic E-state index is 5.92. The van der Waals surface area contributed by atoms with Crippen LogP contribution in [0.3, 0.4) is 0 Å². The van der Waals surface area contributed by atoms with Crippen LogP contribution in [-0.4, -0.2) is 18.9 Å². The van der Waals surface area contributed by atoms with Gasteiger partial charge in [-0.3, -0.25) is 0 Å². The molecule has 1 saturated heterocycles. The van der Waals surface area contributed by atoms with Gasteiger partial charge in [0.1, 0.15) is 0 Å². The van der Waals surface area contributed by atoms with Crippen molar-refractivity contribution in [3.05, 3.63) is 112 Å². The van der Waals surface area contributed by atoms with Crippen molar-refractivity contribution in [2.75, 3.05) is 13.2 Å². The molecule has 0 spiro atoms. The van der Waals surface area contributed by atoms with Gasteiger partial charge in [0.15, 0.2) is 6.29 Å². The second-order valence-corrected chi connectivity index (χ2v) is 7.96. The number of hydrogen-bond acceptors (Lipinski definition) is 3. The van der Waals surface area contributed by atoms with Crippen LogP contribution in [0.15, 0.2) is 100 Å². The summed E-state index contributed by atoms with van der Waals surface area (Å²) in [6, 6.07) is 30.9. The van der Waals surface area contributed by atoms with E-state index in [1.54, 1.807) is 0 Å². The van der Waals surface area contributed by atoms with E-state index in [1.165, 1.54) is 0 Å². The van der Waals surface area contributed by atoms with Gasteiger partial charge in [-0.25, -0.2) is 4.99 Å². The van der Waals surface area contributed by atoms with Crippen LogP contribution in [0.25, 0.3) is 10.8 Å². The van der Waals surface area contributed by atoms with Crippen molar-refractivity contribution in [1.82, 2.24) is 0 Å². The molecule has 0 N–H and O–H groups in total. The summed E-state index contributed by atoms with van der Waals surface area (Å²) < 4.78 is 12.9. The lowest BCUT2D eigenvalue weighted by molar-refractivity contribution is -0.0425. The molecule has 148 valence electrons. The molecule has 1 aliphatic rings. The van der Waals surface area contributed by atoms with E-state index in [4.69, 9.17) is 14.5 Å². The van der Waals surface area contributed by atoms with Gasteiger partial charge in [-0.15, -0.1) is 0 Å². The molecule has 0 radical (unpaired) electrons. The van der Waals surface area contributed by atoms with Gasteiger partial charge in [0, 0.05) is 26.5 Å². The summed E-state index contributed by atoms with van der Waals surface area (Å²) in [5, 5.41) is 2.20. The zero-order chi connectivity index (χ0) is 20.3. The Hall–Kier alpha value is -2.79. The Bertz CT molecular complexity index is 1160. The summed E-state index contributed by atoms with van der Waals surface area (Å²) in [7, 11) is 0. The van der Waals surface area contributed by atoms with Crippen LogP contribution >= 0.6 is 15.9 Å². The first kappa shape index (κ1) is 19.2. The van der Waals surface area contributed by atoms with Crippen molar-refractivity contribution in [3.63, 3.8) is 0 Å². The Morgan fingerprint density at radius 1 is 0.733 bits per heavy atom. The monoisotopic (exact) mass is 457 g/mol. The lowest BCUT2D eigenvalue weighted by Gasteiger charge is -2.18. The summed E-state index contributed by atoms with van der Waals surface area (Å²) >= 11 is 3.73. The lowest BCUT2D eigenvalue weighted by atomic mass is 10.00. The normalized spacial score (nSPS) is 14.2. The molecule has 0 atom stereocenters.